The number of hydrogen-bond donors (Lipinski definition) is 1. The van der Waals surface area contributed by atoms with E-state index in [1.807, 2.05) is 0 Å². The van der Waals surface area contributed by atoms with Crippen LogP contribution in [-0.4, -0.2) is 22.0 Å². The Labute approximate surface area is 113 Å². The van der Waals surface area contributed by atoms with Gasteiger partial charge in [-0.25, -0.2) is 5.43 Å². The molecular weight excluding hydrogens is 264 g/mol. The summed E-state index contributed by atoms with van der Waals surface area (Å²) in [6, 6.07) is 5.75. The zero-order valence-electron chi connectivity index (χ0n) is 10.4. The predicted molar refractivity (Wildman–Crippen MR) is 69.4 cm³/mol. The number of nitrogens with one attached hydrogen (secondary N) is 1. The van der Waals surface area contributed by atoms with Gasteiger partial charge in [0.15, 0.2) is 5.76 Å². The van der Waals surface area contributed by atoms with E-state index < -0.39 is 10.8 Å². The van der Waals surface area contributed by atoms with Crippen LogP contribution in [0.15, 0.2) is 40.0 Å². The van der Waals surface area contributed by atoms with Crippen molar-refractivity contribution >= 4 is 18.0 Å². The molecule has 0 aliphatic carbocycles. The topological polar surface area (TPSA) is 111 Å². The van der Waals surface area contributed by atoms with Crippen LogP contribution in [0.5, 0.6) is 0 Å². The molecule has 0 aliphatic rings. The van der Waals surface area contributed by atoms with E-state index in [0.717, 1.165) is 0 Å². The van der Waals surface area contributed by atoms with Crippen LogP contribution in [0, 0.1) is 17.0 Å². The van der Waals surface area contributed by atoms with Gasteiger partial charge >= 0.3 is 5.88 Å². The zero-order chi connectivity index (χ0) is 14.5. The summed E-state index contributed by atoms with van der Waals surface area (Å²) in [6.45, 7) is 1.77. The number of pyridine rings is 1. The van der Waals surface area contributed by atoms with E-state index in [9.17, 15) is 14.9 Å². The molecule has 0 unspecified atom stereocenters. The van der Waals surface area contributed by atoms with Crippen LogP contribution < -0.4 is 5.43 Å². The monoisotopic (exact) mass is 274 g/mol. The fraction of sp³-hybridized carbons (Fsp3) is 0.0833. The van der Waals surface area contributed by atoms with Gasteiger partial charge in [-0.15, -0.1) is 0 Å². The molecule has 0 aromatic carbocycles. The number of hydrazone groups is 1. The SMILES string of the molecule is Cc1cc(C(=O)N/N=C/c2ccc([N+](=O)[O-])o2)ccn1. The van der Waals surface area contributed by atoms with Gasteiger partial charge < -0.3 is 4.42 Å². The lowest BCUT2D eigenvalue weighted by atomic mass is 10.2. The second-order valence-electron chi connectivity index (χ2n) is 3.82. The van der Waals surface area contributed by atoms with Gasteiger partial charge in [0.2, 0.25) is 0 Å². The Kier molecular flexibility index (Phi) is 3.85. The molecular formula is C12H10N4O4. The normalized spacial score (nSPS) is 10.7. The smallest absolute Gasteiger partial charge is 0.400 e. The number of hydrogen-bond acceptors (Lipinski definition) is 6. The summed E-state index contributed by atoms with van der Waals surface area (Å²) in [6.07, 6.45) is 2.70. The Balaban J connectivity index is 1.99. The number of carbonyl (C=O) groups excluding carboxylic acids is 1. The molecule has 1 N–H and O–H groups in total. The molecule has 0 radical (unpaired) electrons. The van der Waals surface area contributed by atoms with E-state index in [-0.39, 0.29) is 11.6 Å². The molecule has 2 aromatic rings. The first-order chi connectivity index (χ1) is 9.56. The number of rotatable bonds is 4. The molecule has 0 spiro atoms. The molecule has 0 bridgehead atoms. The highest BCUT2D eigenvalue weighted by molar-refractivity contribution is 5.94. The number of carbonyl (C=O) groups is 1. The number of furan rings is 1. The second kappa shape index (κ2) is 5.74. The first-order valence-electron chi connectivity index (χ1n) is 5.56. The predicted octanol–water partition coefficient (Wildman–Crippen LogP) is 1.66. The van der Waals surface area contributed by atoms with Crippen molar-refractivity contribution in [2.24, 2.45) is 5.10 Å². The lowest BCUT2D eigenvalue weighted by Crippen LogP contribution is -2.17. The average molecular weight is 274 g/mol. The van der Waals surface area contributed by atoms with Crippen molar-refractivity contribution < 1.29 is 14.1 Å². The Bertz CT molecular complexity index is 678. The number of aryl methyl sites for hydroxylation is 1. The maximum Gasteiger partial charge on any atom is 0.433 e. The highest BCUT2D eigenvalue weighted by atomic mass is 16.6. The van der Waals surface area contributed by atoms with Crippen molar-refractivity contribution in [1.29, 1.82) is 0 Å². The maximum atomic E-state index is 11.7. The first-order valence-corrected chi connectivity index (χ1v) is 5.56. The summed E-state index contributed by atoms with van der Waals surface area (Å²) < 4.78 is 4.84. The average Bonchev–Trinajstić information content (AvgIpc) is 2.87. The summed E-state index contributed by atoms with van der Waals surface area (Å²) >= 11 is 0. The van der Waals surface area contributed by atoms with Gasteiger partial charge in [0.25, 0.3) is 5.91 Å². The minimum absolute atomic E-state index is 0.169. The summed E-state index contributed by atoms with van der Waals surface area (Å²) in [5, 5.41) is 14.1. The highest BCUT2D eigenvalue weighted by Crippen LogP contribution is 2.13. The summed E-state index contributed by atoms with van der Waals surface area (Å²) in [4.78, 5) is 25.4. The number of amides is 1. The van der Waals surface area contributed by atoms with Crippen LogP contribution in [0.3, 0.4) is 0 Å². The summed E-state index contributed by atoms with van der Waals surface area (Å²) in [5.74, 6) is -0.627. The fourth-order valence-corrected chi connectivity index (χ4v) is 1.42. The van der Waals surface area contributed by atoms with Gasteiger partial charge in [-0.05, 0) is 25.1 Å². The number of nitrogens with zero attached hydrogens (tertiary/aromatic N) is 3. The van der Waals surface area contributed by atoms with E-state index in [0.29, 0.717) is 11.3 Å². The van der Waals surface area contributed by atoms with Gasteiger partial charge in [0, 0.05) is 17.5 Å². The van der Waals surface area contributed by atoms with Crippen LogP contribution >= 0.6 is 0 Å². The Hall–Kier alpha value is -3.03. The molecule has 8 heteroatoms. The second-order valence-corrected chi connectivity index (χ2v) is 3.82. The van der Waals surface area contributed by atoms with Crippen LogP contribution in [0.25, 0.3) is 0 Å². The molecule has 0 aliphatic heterocycles. The molecule has 2 aromatic heterocycles. The zero-order valence-corrected chi connectivity index (χ0v) is 10.4. The third-order valence-corrected chi connectivity index (χ3v) is 2.31. The molecule has 102 valence electrons. The van der Waals surface area contributed by atoms with E-state index in [2.05, 4.69) is 15.5 Å². The van der Waals surface area contributed by atoms with Crippen molar-refractivity contribution in [2.45, 2.75) is 6.92 Å². The van der Waals surface area contributed by atoms with E-state index in [4.69, 9.17) is 4.42 Å². The lowest BCUT2D eigenvalue weighted by molar-refractivity contribution is -0.402. The number of nitro groups is 1. The molecule has 2 heterocycles. The Morgan fingerprint density at radius 3 is 2.95 bits per heavy atom. The third-order valence-electron chi connectivity index (χ3n) is 2.31. The van der Waals surface area contributed by atoms with Crippen LogP contribution in [0.1, 0.15) is 21.8 Å². The van der Waals surface area contributed by atoms with Crippen molar-refractivity contribution in [2.75, 3.05) is 0 Å². The van der Waals surface area contributed by atoms with Gasteiger partial charge in [0.1, 0.15) is 4.92 Å². The highest BCUT2D eigenvalue weighted by Gasteiger charge is 2.10. The minimum atomic E-state index is -0.657. The van der Waals surface area contributed by atoms with E-state index in [1.54, 1.807) is 19.1 Å². The molecule has 0 fully saturated rings. The quantitative estimate of drug-likeness (QED) is 0.517. The van der Waals surface area contributed by atoms with Gasteiger partial charge in [0.05, 0.1) is 12.3 Å². The van der Waals surface area contributed by atoms with Crippen molar-refractivity contribution in [3.05, 3.63) is 57.6 Å². The van der Waals surface area contributed by atoms with Crippen molar-refractivity contribution in [3.63, 3.8) is 0 Å². The van der Waals surface area contributed by atoms with Crippen molar-refractivity contribution in [3.8, 4) is 0 Å². The van der Waals surface area contributed by atoms with Crippen LogP contribution in [0.2, 0.25) is 0 Å². The molecule has 0 saturated heterocycles. The third kappa shape index (κ3) is 3.25. The van der Waals surface area contributed by atoms with Gasteiger partial charge in [-0.1, -0.05) is 0 Å². The Morgan fingerprint density at radius 2 is 2.30 bits per heavy atom. The maximum absolute atomic E-state index is 11.7. The molecule has 0 saturated carbocycles. The van der Waals surface area contributed by atoms with Crippen LogP contribution in [-0.2, 0) is 0 Å². The molecule has 1 amide bonds. The van der Waals surface area contributed by atoms with Gasteiger partial charge in [-0.2, -0.15) is 5.10 Å². The summed E-state index contributed by atoms with van der Waals surface area (Å²) in [7, 11) is 0. The van der Waals surface area contributed by atoms with Crippen LogP contribution in [0.4, 0.5) is 5.88 Å². The Morgan fingerprint density at radius 1 is 1.50 bits per heavy atom. The minimum Gasteiger partial charge on any atom is -0.400 e. The molecule has 20 heavy (non-hydrogen) atoms. The largest absolute Gasteiger partial charge is 0.433 e. The van der Waals surface area contributed by atoms with E-state index >= 15 is 0 Å². The summed E-state index contributed by atoms with van der Waals surface area (Å²) in [5.41, 5.74) is 3.41. The lowest BCUT2D eigenvalue weighted by Gasteiger charge is -1.99. The standard InChI is InChI=1S/C12H10N4O4/c1-8-6-9(4-5-13-8)12(17)15-14-7-10-2-3-11(20-10)16(18)19/h2-7H,1H3,(H,15,17)/b14-7+. The molecule has 0 atom stereocenters. The van der Waals surface area contributed by atoms with Gasteiger partial charge in [-0.3, -0.25) is 19.9 Å². The first kappa shape index (κ1) is 13.4. The number of aromatic nitrogens is 1. The van der Waals surface area contributed by atoms with E-state index in [1.165, 1.54) is 24.5 Å². The molecule has 2 rings (SSSR count). The van der Waals surface area contributed by atoms with Crippen molar-refractivity contribution in [1.82, 2.24) is 10.4 Å². The molecule has 8 nitrogen and oxygen atoms in total. The fourth-order valence-electron chi connectivity index (χ4n) is 1.42.